The minimum atomic E-state index is -4.38. The number of aryl methyl sites for hydroxylation is 1. The van der Waals surface area contributed by atoms with Crippen LogP contribution in [0.3, 0.4) is 0 Å². The van der Waals surface area contributed by atoms with Gasteiger partial charge in [-0.3, -0.25) is 4.79 Å². The Morgan fingerprint density at radius 3 is 2.66 bits per heavy atom. The van der Waals surface area contributed by atoms with Crippen LogP contribution in [0.15, 0.2) is 35.3 Å². The summed E-state index contributed by atoms with van der Waals surface area (Å²) in [6.07, 6.45) is -3.50. The van der Waals surface area contributed by atoms with E-state index in [1.165, 1.54) is 29.1 Å². The van der Waals surface area contributed by atoms with Gasteiger partial charge in [0.15, 0.2) is 0 Å². The first-order valence-electron chi connectivity index (χ1n) is 9.45. The summed E-state index contributed by atoms with van der Waals surface area (Å²) in [4.78, 5) is 14.3. The molecule has 1 aromatic carbocycles. The van der Waals surface area contributed by atoms with Gasteiger partial charge in [0.1, 0.15) is 18.1 Å². The molecule has 32 heavy (non-hydrogen) atoms. The van der Waals surface area contributed by atoms with Gasteiger partial charge in [-0.2, -0.15) is 18.3 Å². The maximum absolute atomic E-state index is 14.4. The average Bonchev–Trinajstić information content (AvgIpc) is 3.02. The highest BCUT2D eigenvalue weighted by atomic mass is 35.5. The Bertz CT molecular complexity index is 1190. The maximum Gasteiger partial charge on any atom is 0.411 e. The van der Waals surface area contributed by atoms with Crippen molar-refractivity contribution in [1.82, 2.24) is 24.8 Å². The van der Waals surface area contributed by atoms with Crippen molar-refractivity contribution in [3.63, 3.8) is 0 Å². The normalized spacial score (nSPS) is 14.6. The van der Waals surface area contributed by atoms with Crippen LogP contribution in [0.2, 0.25) is 5.02 Å². The maximum atomic E-state index is 14.4. The molecule has 2 aromatic heterocycles. The third kappa shape index (κ3) is 4.75. The number of aromatic nitrogens is 5. The van der Waals surface area contributed by atoms with Gasteiger partial charge in [0, 0.05) is 36.8 Å². The highest BCUT2D eigenvalue weighted by Crippen LogP contribution is 2.27. The van der Waals surface area contributed by atoms with Crippen molar-refractivity contribution in [2.24, 2.45) is 7.05 Å². The molecule has 1 aliphatic heterocycles. The van der Waals surface area contributed by atoms with Crippen LogP contribution in [0.5, 0.6) is 0 Å². The average molecular weight is 473 g/mol. The molecule has 3 heterocycles. The summed E-state index contributed by atoms with van der Waals surface area (Å²) >= 11 is 5.81. The number of hydrogen-bond donors (Lipinski definition) is 0. The summed E-state index contributed by atoms with van der Waals surface area (Å²) in [7, 11) is 1.61. The molecule has 1 aliphatic rings. The lowest BCUT2D eigenvalue weighted by Gasteiger charge is -2.40. The zero-order valence-electron chi connectivity index (χ0n) is 16.7. The van der Waals surface area contributed by atoms with E-state index in [9.17, 15) is 22.4 Å². The molecule has 0 aliphatic carbocycles. The smallest absolute Gasteiger partial charge is 0.365 e. The topological polar surface area (TPSA) is 78.1 Å². The first kappa shape index (κ1) is 22.2. The molecule has 1 saturated heterocycles. The quantitative estimate of drug-likeness (QED) is 0.513. The fourth-order valence-electron chi connectivity index (χ4n) is 3.27. The molecule has 0 saturated carbocycles. The number of halogens is 5. The van der Waals surface area contributed by atoms with E-state index in [1.54, 1.807) is 11.9 Å². The minimum Gasteiger partial charge on any atom is -0.365 e. The summed E-state index contributed by atoms with van der Waals surface area (Å²) in [6, 6.07) is 5.49. The summed E-state index contributed by atoms with van der Waals surface area (Å²) in [5, 5.41) is 12.3. The molecular weight excluding hydrogens is 456 g/mol. The molecular formula is C19H17ClF4N6O2. The number of alkyl halides is 3. The van der Waals surface area contributed by atoms with Gasteiger partial charge in [-0.15, -0.1) is 5.10 Å². The highest BCUT2D eigenvalue weighted by molar-refractivity contribution is 6.30. The summed E-state index contributed by atoms with van der Waals surface area (Å²) in [6.45, 7) is -0.863. The molecule has 0 N–H and O–H groups in total. The van der Waals surface area contributed by atoms with Crippen LogP contribution >= 0.6 is 11.6 Å². The molecule has 3 aromatic rings. The van der Waals surface area contributed by atoms with Crippen molar-refractivity contribution in [3.8, 4) is 11.3 Å². The SMILES string of the molecule is Cn1nnc(-c2ccc(Cl)cc2F)c1Cn1ncc(N2CC(OCC(F)(F)F)C2)cc1=O. The molecule has 0 atom stereocenters. The third-order valence-corrected chi connectivity index (χ3v) is 5.21. The van der Waals surface area contributed by atoms with Crippen LogP contribution in [0.4, 0.5) is 23.2 Å². The Hall–Kier alpha value is -2.99. The second kappa shape index (κ2) is 8.51. The standard InChI is InChI=1S/C19H17ClF4N6O2/c1-28-16(18(26-27-28)14-3-2-11(20)4-15(14)21)9-30-17(31)5-12(6-25-30)29-7-13(8-29)32-10-19(22,23)24/h2-6,13H,7-10H2,1H3. The lowest BCUT2D eigenvalue weighted by molar-refractivity contribution is -0.187. The first-order valence-corrected chi connectivity index (χ1v) is 9.83. The van der Waals surface area contributed by atoms with E-state index < -0.39 is 30.3 Å². The first-order chi connectivity index (χ1) is 15.1. The Morgan fingerprint density at radius 1 is 1.25 bits per heavy atom. The fraction of sp³-hybridized carbons (Fsp3) is 0.368. The number of nitrogens with zero attached hydrogens (tertiary/aromatic N) is 6. The van der Waals surface area contributed by atoms with Crippen molar-refractivity contribution in [3.05, 3.63) is 57.3 Å². The second-order valence-corrected chi connectivity index (χ2v) is 7.73. The molecule has 13 heteroatoms. The molecule has 0 bridgehead atoms. The van der Waals surface area contributed by atoms with Gasteiger partial charge < -0.3 is 9.64 Å². The van der Waals surface area contributed by atoms with Crippen LogP contribution in [-0.4, -0.2) is 56.8 Å². The van der Waals surface area contributed by atoms with E-state index in [1.807, 2.05) is 0 Å². The van der Waals surface area contributed by atoms with Crippen molar-refractivity contribution >= 4 is 17.3 Å². The predicted octanol–water partition coefficient (Wildman–Crippen LogP) is 2.65. The highest BCUT2D eigenvalue weighted by Gasteiger charge is 2.34. The Labute approximate surface area is 184 Å². The van der Waals surface area contributed by atoms with E-state index in [0.29, 0.717) is 11.4 Å². The third-order valence-electron chi connectivity index (χ3n) is 4.98. The number of rotatable bonds is 6. The summed E-state index contributed by atoms with van der Waals surface area (Å²) in [5.41, 5.74) is 0.939. The van der Waals surface area contributed by atoms with Gasteiger partial charge >= 0.3 is 6.18 Å². The van der Waals surface area contributed by atoms with E-state index >= 15 is 0 Å². The van der Waals surface area contributed by atoms with Crippen LogP contribution in [-0.2, 0) is 18.3 Å². The van der Waals surface area contributed by atoms with Crippen LogP contribution in [0.1, 0.15) is 5.69 Å². The van der Waals surface area contributed by atoms with Crippen molar-refractivity contribution in [2.45, 2.75) is 18.8 Å². The molecule has 0 spiro atoms. The van der Waals surface area contributed by atoms with Crippen LogP contribution in [0, 0.1) is 5.82 Å². The predicted molar refractivity (Wildman–Crippen MR) is 107 cm³/mol. The molecule has 8 nitrogen and oxygen atoms in total. The number of benzene rings is 1. The van der Waals surface area contributed by atoms with Gasteiger partial charge in [-0.05, 0) is 18.2 Å². The summed E-state index contributed by atoms with van der Waals surface area (Å²) < 4.78 is 58.4. The van der Waals surface area contributed by atoms with Crippen molar-refractivity contribution in [1.29, 1.82) is 0 Å². The monoisotopic (exact) mass is 472 g/mol. The molecule has 1 fully saturated rings. The van der Waals surface area contributed by atoms with E-state index in [4.69, 9.17) is 16.3 Å². The molecule has 0 radical (unpaired) electrons. The van der Waals surface area contributed by atoms with Crippen molar-refractivity contribution in [2.75, 3.05) is 24.6 Å². The number of hydrogen-bond acceptors (Lipinski definition) is 6. The zero-order chi connectivity index (χ0) is 23.0. The second-order valence-electron chi connectivity index (χ2n) is 7.30. The van der Waals surface area contributed by atoms with E-state index in [-0.39, 0.29) is 35.9 Å². The molecule has 0 unspecified atom stereocenters. The van der Waals surface area contributed by atoms with Gasteiger partial charge in [0.05, 0.1) is 30.2 Å². The lowest BCUT2D eigenvalue weighted by Crippen LogP contribution is -2.53. The summed E-state index contributed by atoms with van der Waals surface area (Å²) in [5.74, 6) is -0.574. The van der Waals surface area contributed by atoms with Gasteiger partial charge in [0.2, 0.25) is 0 Å². The molecule has 0 amide bonds. The molecule has 4 rings (SSSR count). The zero-order valence-corrected chi connectivity index (χ0v) is 17.4. The van der Waals surface area contributed by atoms with Crippen LogP contribution in [0.25, 0.3) is 11.3 Å². The fourth-order valence-corrected chi connectivity index (χ4v) is 3.43. The van der Waals surface area contributed by atoms with Crippen LogP contribution < -0.4 is 10.5 Å². The number of ether oxygens (including phenoxy) is 1. The minimum absolute atomic E-state index is 0.0165. The Morgan fingerprint density at radius 2 is 2.00 bits per heavy atom. The van der Waals surface area contributed by atoms with E-state index in [2.05, 4.69) is 15.4 Å². The molecule has 170 valence electrons. The van der Waals surface area contributed by atoms with E-state index in [0.717, 1.165) is 10.7 Å². The largest absolute Gasteiger partial charge is 0.411 e. The Kier molecular flexibility index (Phi) is 5.91. The lowest BCUT2D eigenvalue weighted by atomic mass is 10.1. The van der Waals surface area contributed by atoms with Gasteiger partial charge in [-0.25, -0.2) is 13.8 Å². The van der Waals surface area contributed by atoms with Gasteiger partial charge in [0.25, 0.3) is 5.56 Å². The van der Waals surface area contributed by atoms with Crippen molar-refractivity contribution < 1.29 is 22.3 Å². The van der Waals surface area contributed by atoms with Gasteiger partial charge in [-0.1, -0.05) is 16.8 Å². The Balaban J connectivity index is 1.48. The number of anilines is 1.